The highest BCUT2D eigenvalue weighted by atomic mass is 16.1. The predicted molar refractivity (Wildman–Crippen MR) is 80.6 cm³/mol. The summed E-state index contributed by atoms with van der Waals surface area (Å²) in [7, 11) is 0. The van der Waals surface area contributed by atoms with Gasteiger partial charge in [-0.3, -0.25) is 14.7 Å². The molecule has 1 saturated heterocycles. The summed E-state index contributed by atoms with van der Waals surface area (Å²) in [6.45, 7) is 8.98. The second kappa shape index (κ2) is 5.79. The van der Waals surface area contributed by atoms with Crippen molar-refractivity contribution in [1.82, 2.24) is 15.2 Å². The van der Waals surface area contributed by atoms with Gasteiger partial charge in [0.15, 0.2) is 0 Å². The topological polar surface area (TPSA) is 71.2 Å². The van der Waals surface area contributed by atoms with Gasteiger partial charge in [-0.25, -0.2) is 0 Å². The van der Waals surface area contributed by atoms with Crippen LogP contribution in [0, 0.1) is 6.92 Å². The van der Waals surface area contributed by atoms with Gasteiger partial charge in [0.25, 0.3) is 5.91 Å². The molecule has 0 aliphatic carbocycles. The summed E-state index contributed by atoms with van der Waals surface area (Å²) in [6.07, 6.45) is 4.03. The van der Waals surface area contributed by atoms with Crippen LogP contribution in [0.25, 0.3) is 0 Å². The van der Waals surface area contributed by atoms with Gasteiger partial charge in [0.2, 0.25) is 0 Å². The van der Waals surface area contributed by atoms with E-state index in [-0.39, 0.29) is 11.4 Å². The Morgan fingerprint density at radius 2 is 2.30 bits per heavy atom. The minimum Gasteiger partial charge on any atom is -0.397 e. The number of hydrogen-bond acceptors (Lipinski definition) is 4. The van der Waals surface area contributed by atoms with Crippen molar-refractivity contribution >= 4 is 11.6 Å². The number of rotatable bonds is 4. The number of pyridine rings is 1. The Hall–Kier alpha value is -1.62. The average Bonchev–Trinajstić information content (AvgIpc) is 2.72. The molecule has 1 aromatic rings. The molecule has 20 heavy (non-hydrogen) atoms. The summed E-state index contributed by atoms with van der Waals surface area (Å²) >= 11 is 0. The normalized spacial score (nSPS) is 18.1. The second-order valence-electron chi connectivity index (χ2n) is 6.06. The zero-order valence-electron chi connectivity index (χ0n) is 12.6. The molecule has 110 valence electrons. The summed E-state index contributed by atoms with van der Waals surface area (Å²) in [5.41, 5.74) is 7.85. The number of carbonyl (C=O) groups is 1. The average molecular weight is 276 g/mol. The van der Waals surface area contributed by atoms with Crippen LogP contribution in [0.3, 0.4) is 0 Å². The van der Waals surface area contributed by atoms with Crippen molar-refractivity contribution < 1.29 is 4.79 Å². The van der Waals surface area contributed by atoms with Crippen molar-refractivity contribution in [3.05, 3.63) is 23.5 Å². The lowest BCUT2D eigenvalue weighted by molar-refractivity contribution is 0.0940. The standard InChI is InChI=1S/C15H24N4O/c1-11-13(16)9-12(10-18-11)14(20)17-6-8-19-7-4-5-15(19,2)3/h9-10H,4-8,16H2,1-3H3,(H,17,20). The third-order valence-electron chi connectivity index (χ3n) is 4.13. The summed E-state index contributed by atoms with van der Waals surface area (Å²) < 4.78 is 0. The van der Waals surface area contributed by atoms with Crippen LogP contribution in [-0.2, 0) is 0 Å². The Balaban J connectivity index is 1.85. The first-order valence-electron chi connectivity index (χ1n) is 7.15. The van der Waals surface area contributed by atoms with E-state index in [1.807, 2.05) is 6.92 Å². The zero-order valence-corrected chi connectivity index (χ0v) is 12.6. The fourth-order valence-electron chi connectivity index (χ4n) is 2.66. The van der Waals surface area contributed by atoms with Gasteiger partial charge in [-0.1, -0.05) is 0 Å². The lowest BCUT2D eigenvalue weighted by Crippen LogP contribution is -2.43. The first kappa shape index (κ1) is 14.8. The largest absolute Gasteiger partial charge is 0.397 e. The van der Waals surface area contributed by atoms with E-state index in [0.29, 0.717) is 17.8 Å². The maximum Gasteiger partial charge on any atom is 0.252 e. The maximum absolute atomic E-state index is 12.0. The zero-order chi connectivity index (χ0) is 14.8. The highest BCUT2D eigenvalue weighted by Crippen LogP contribution is 2.27. The molecule has 0 saturated carbocycles. The highest BCUT2D eigenvalue weighted by Gasteiger charge is 2.31. The summed E-state index contributed by atoms with van der Waals surface area (Å²) in [5, 5.41) is 2.93. The van der Waals surface area contributed by atoms with E-state index in [9.17, 15) is 4.79 Å². The first-order chi connectivity index (χ1) is 9.40. The van der Waals surface area contributed by atoms with Crippen LogP contribution in [-0.4, -0.2) is 41.0 Å². The number of likely N-dealkylation sites (tertiary alicyclic amines) is 1. The molecule has 1 aliphatic rings. The SMILES string of the molecule is Cc1ncc(C(=O)NCCN2CCCC2(C)C)cc1N. The van der Waals surface area contributed by atoms with Gasteiger partial charge in [0.05, 0.1) is 16.9 Å². The number of nitrogens with one attached hydrogen (secondary N) is 1. The van der Waals surface area contributed by atoms with E-state index in [4.69, 9.17) is 5.73 Å². The van der Waals surface area contributed by atoms with Crippen molar-refractivity contribution in [3.8, 4) is 0 Å². The van der Waals surface area contributed by atoms with E-state index in [1.165, 1.54) is 12.8 Å². The van der Waals surface area contributed by atoms with Gasteiger partial charge in [0, 0.05) is 24.8 Å². The summed E-state index contributed by atoms with van der Waals surface area (Å²) in [5.74, 6) is -0.110. The molecular formula is C15H24N4O. The van der Waals surface area contributed by atoms with Gasteiger partial charge in [-0.05, 0) is 46.2 Å². The third kappa shape index (κ3) is 3.28. The fraction of sp³-hybridized carbons (Fsp3) is 0.600. The molecule has 0 unspecified atom stereocenters. The quantitative estimate of drug-likeness (QED) is 0.876. The smallest absolute Gasteiger partial charge is 0.252 e. The molecule has 1 aromatic heterocycles. The molecule has 2 rings (SSSR count). The Bertz CT molecular complexity index is 499. The number of aromatic nitrogens is 1. The van der Waals surface area contributed by atoms with Gasteiger partial charge in [-0.15, -0.1) is 0 Å². The minimum atomic E-state index is -0.110. The van der Waals surface area contributed by atoms with Crippen LogP contribution < -0.4 is 11.1 Å². The van der Waals surface area contributed by atoms with Gasteiger partial charge < -0.3 is 11.1 Å². The molecule has 0 atom stereocenters. The molecule has 3 N–H and O–H groups in total. The Kier molecular flexibility index (Phi) is 4.28. The molecule has 5 heteroatoms. The van der Waals surface area contributed by atoms with Crippen molar-refractivity contribution in [2.75, 3.05) is 25.4 Å². The number of hydrogen-bond donors (Lipinski definition) is 2. The summed E-state index contributed by atoms with van der Waals surface area (Å²) in [4.78, 5) is 18.6. The van der Waals surface area contributed by atoms with E-state index in [0.717, 1.165) is 18.8 Å². The van der Waals surface area contributed by atoms with Crippen LogP contribution in [0.4, 0.5) is 5.69 Å². The predicted octanol–water partition coefficient (Wildman–Crippen LogP) is 1.58. The lowest BCUT2D eigenvalue weighted by atomic mass is 10.0. The van der Waals surface area contributed by atoms with Crippen LogP contribution in [0.15, 0.2) is 12.3 Å². The molecule has 0 spiro atoms. The number of nitrogens with zero attached hydrogens (tertiary/aromatic N) is 2. The molecule has 1 fully saturated rings. The van der Waals surface area contributed by atoms with Crippen molar-refractivity contribution in [1.29, 1.82) is 0 Å². The second-order valence-corrected chi connectivity index (χ2v) is 6.06. The number of anilines is 1. The number of aryl methyl sites for hydroxylation is 1. The van der Waals surface area contributed by atoms with Crippen molar-refractivity contribution in [3.63, 3.8) is 0 Å². The Morgan fingerprint density at radius 3 is 2.90 bits per heavy atom. The van der Waals surface area contributed by atoms with E-state index < -0.39 is 0 Å². The molecule has 0 radical (unpaired) electrons. The number of amides is 1. The van der Waals surface area contributed by atoms with E-state index in [2.05, 4.69) is 29.0 Å². The molecule has 5 nitrogen and oxygen atoms in total. The van der Waals surface area contributed by atoms with E-state index in [1.54, 1.807) is 12.3 Å². The lowest BCUT2D eigenvalue weighted by Gasteiger charge is -2.31. The molecule has 0 bridgehead atoms. The van der Waals surface area contributed by atoms with Crippen LogP contribution in [0.5, 0.6) is 0 Å². The molecule has 1 aliphatic heterocycles. The number of carbonyl (C=O) groups excluding carboxylic acids is 1. The third-order valence-corrected chi connectivity index (χ3v) is 4.13. The monoisotopic (exact) mass is 276 g/mol. The Labute approximate surface area is 120 Å². The van der Waals surface area contributed by atoms with Crippen LogP contribution in [0.1, 0.15) is 42.7 Å². The van der Waals surface area contributed by atoms with Crippen molar-refractivity contribution in [2.45, 2.75) is 39.2 Å². The van der Waals surface area contributed by atoms with Gasteiger partial charge in [-0.2, -0.15) is 0 Å². The molecule has 1 amide bonds. The molecular weight excluding hydrogens is 252 g/mol. The van der Waals surface area contributed by atoms with Gasteiger partial charge in [0.1, 0.15) is 0 Å². The molecule has 2 heterocycles. The maximum atomic E-state index is 12.0. The molecule has 0 aromatic carbocycles. The highest BCUT2D eigenvalue weighted by molar-refractivity contribution is 5.94. The van der Waals surface area contributed by atoms with Crippen LogP contribution in [0.2, 0.25) is 0 Å². The first-order valence-corrected chi connectivity index (χ1v) is 7.15. The van der Waals surface area contributed by atoms with E-state index >= 15 is 0 Å². The fourth-order valence-corrected chi connectivity index (χ4v) is 2.66. The van der Waals surface area contributed by atoms with Crippen LogP contribution >= 0.6 is 0 Å². The number of nitrogens with two attached hydrogens (primary N) is 1. The summed E-state index contributed by atoms with van der Waals surface area (Å²) in [6, 6.07) is 1.68. The number of nitrogen functional groups attached to an aromatic ring is 1. The van der Waals surface area contributed by atoms with Crippen molar-refractivity contribution in [2.24, 2.45) is 0 Å². The van der Waals surface area contributed by atoms with Gasteiger partial charge >= 0.3 is 0 Å². The Morgan fingerprint density at radius 1 is 1.55 bits per heavy atom. The minimum absolute atomic E-state index is 0.110.